The first kappa shape index (κ1) is 16.9. The summed E-state index contributed by atoms with van der Waals surface area (Å²) in [5.41, 5.74) is 1.07. The highest BCUT2D eigenvalue weighted by molar-refractivity contribution is 6.06. The molecule has 0 saturated heterocycles. The largest absolute Gasteiger partial charge is 0.388 e. The van der Waals surface area contributed by atoms with Crippen molar-refractivity contribution in [1.29, 1.82) is 0 Å². The number of H-pyrrole nitrogens is 1. The molecular weight excluding hydrogens is 316 g/mol. The topological polar surface area (TPSA) is 73.4 Å². The summed E-state index contributed by atoms with van der Waals surface area (Å²) in [5.74, 6) is -0.187. The molecule has 2 N–H and O–H groups in total. The summed E-state index contributed by atoms with van der Waals surface area (Å²) >= 11 is 0. The van der Waals surface area contributed by atoms with E-state index < -0.39 is 6.10 Å². The summed E-state index contributed by atoms with van der Waals surface area (Å²) in [5, 5.41) is 11.4. The highest BCUT2D eigenvalue weighted by Gasteiger charge is 2.17. The predicted molar refractivity (Wildman–Crippen MR) is 97.5 cm³/mol. The molecule has 0 aliphatic carbocycles. The molecule has 5 nitrogen and oxygen atoms in total. The Bertz CT molecular complexity index is 934. The number of carbonyl (C=O) groups excluding carboxylic acids is 1. The second kappa shape index (κ2) is 7.32. The van der Waals surface area contributed by atoms with Gasteiger partial charge in [-0.3, -0.25) is 9.59 Å². The number of aliphatic hydroxyl groups is 1. The molecule has 3 rings (SSSR count). The molecule has 1 heterocycles. The second-order valence-corrected chi connectivity index (χ2v) is 6.02. The minimum absolute atomic E-state index is 0.187. The molecule has 128 valence electrons. The van der Waals surface area contributed by atoms with Gasteiger partial charge in [0.1, 0.15) is 0 Å². The maximum atomic E-state index is 12.7. The standard InChI is InChI=1S/C20H20N2O3/c1-22(12-11-18(23)14-7-3-2-4-8-14)20(25)17-13-21-19(24)16-10-6-5-9-15(16)17/h2-10,13,18,23H,11-12H2,1H3,(H,21,24)/t18-/m1/s1. The first-order chi connectivity index (χ1) is 12.1. The number of hydrogen-bond donors (Lipinski definition) is 2. The van der Waals surface area contributed by atoms with Gasteiger partial charge in [0.25, 0.3) is 11.5 Å². The molecule has 2 aromatic carbocycles. The van der Waals surface area contributed by atoms with E-state index in [1.54, 1.807) is 36.2 Å². The van der Waals surface area contributed by atoms with Crippen molar-refractivity contribution in [3.8, 4) is 0 Å². The number of pyridine rings is 1. The Labute approximate surface area is 145 Å². The van der Waals surface area contributed by atoms with E-state index in [1.165, 1.54) is 6.20 Å². The van der Waals surface area contributed by atoms with Crippen LogP contribution in [0.1, 0.15) is 28.4 Å². The lowest BCUT2D eigenvalue weighted by Gasteiger charge is -2.20. The van der Waals surface area contributed by atoms with Gasteiger partial charge in [-0.1, -0.05) is 48.5 Å². The number of aromatic nitrogens is 1. The number of aliphatic hydroxyl groups excluding tert-OH is 1. The van der Waals surface area contributed by atoms with Crippen LogP contribution in [0.5, 0.6) is 0 Å². The summed E-state index contributed by atoms with van der Waals surface area (Å²) in [7, 11) is 1.69. The molecule has 1 amide bonds. The molecule has 1 atom stereocenters. The molecule has 1 aromatic heterocycles. The van der Waals surface area contributed by atoms with E-state index >= 15 is 0 Å². The van der Waals surface area contributed by atoms with Crippen LogP contribution in [0.4, 0.5) is 0 Å². The van der Waals surface area contributed by atoms with Crippen molar-refractivity contribution in [2.24, 2.45) is 0 Å². The van der Waals surface area contributed by atoms with Gasteiger partial charge in [0.05, 0.1) is 11.7 Å². The molecule has 0 fully saturated rings. The van der Waals surface area contributed by atoms with Crippen LogP contribution >= 0.6 is 0 Å². The molecule has 0 unspecified atom stereocenters. The van der Waals surface area contributed by atoms with Crippen molar-refractivity contribution in [3.63, 3.8) is 0 Å². The van der Waals surface area contributed by atoms with Crippen LogP contribution in [0.15, 0.2) is 65.6 Å². The molecule has 5 heteroatoms. The fourth-order valence-electron chi connectivity index (χ4n) is 2.85. The van der Waals surface area contributed by atoms with Gasteiger partial charge in [-0.2, -0.15) is 0 Å². The van der Waals surface area contributed by atoms with E-state index in [2.05, 4.69) is 4.98 Å². The fraction of sp³-hybridized carbons (Fsp3) is 0.200. The Morgan fingerprint density at radius 2 is 1.72 bits per heavy atom. The Morgan fingerprint density at radius 1 is 1.08 bits per heavy atom. The predicted octanol–water partition coefficient (Wildman–Crippen LogP) is 2.72. The Balaban J connectivity index is 1.75. The van der Waals surface area contributed by atoms with Gasteiger partial charge in [0.15, 0.2) is 0 Å². The lowest BCUT2D eigenvalue weighted by Crippen LogP contribution is -2.29. The number of benzene rings is 2. The van der Waals surface area contributed by atoms with Crippen molar-refractivity contribution in [1.82, 2.24) is 9.88 Å². The van der Waals surface area contributed by atoms with E-state index in [0.29, 0.717) is 29.3 Å². The summed E-state index contributed by atoms with van der Waals surface area (Å²) in [6.45, 7) is 0.405. The van der Waals surface area contributed by atoms with E-state index in [4.69, 9.17) is 0 Å². The zero-order valence-corrected chi connectivity index (χ0v) is 14.0. The van der Waals surface area contributed by atoms with Crippen molar-refractivity contribution < 1.29 is 9.90 Å². The van der Waals surface area contributed by atoms with Gasteiger partial charge in [-0.05, 0) is 18.1 Å². The van der Waals surface area contributed by atoms with Gasteiger partial charge < -0.3 is 15.0 Å². The number of nitrogens with one attached hydrogen (secondary N) is 1. The summed E-state index contributed by atoms with van der Waals surface area (Å²) in [6.07, 6.45) is 1.27. The van der Waals surface area contributed by atoms with Gasteiger partial charge in [0, 0.05) is 30.6 Å². The molecular formula is C20H20N2O3. The lowest BCUT2D eigenvalue weighted by atomic mass is 10.1. The van der Waals surface area contributed by atoms with Crippen LogP contribution in [0.2, 0.25) is 0 Å². The smallest absolute Gasteiger partial charge is 0.255 e. The van der Waals surface area contributed by atoms with Gasteiger partial charge in [-0.25, -0.2) is 0 Å². The van der Waals surface area contributed by atoms with Gasteiger partial charge in [-0.15, -0.1) is 0 Å². The Kier molecular flexibility index (Phi) is 4.95. The zero-order valence-electron chi connectivity index (χ0n) is 14.0. The molecule has 0 radical (unpaired) electrons. The van der Waals surface area contributed by atoms with E-state index in [9.17, 15) is 14.7 Å². The number of aromatic amines is 1. The van der Waals surface area contributed by atoms with Crippen LogP contribution in [0.3, 0.4) is 0 Å². The third kappa shape index (κ3) is 3.61. The van der Waals surface area contributed by atoms with Crippen molar-refractivity contribution in [2.45, 2.75) is 12.5 Å². The highest BCUT2D eigenvalue weighted by Crippen LogP contribution is 2.19. The van der Waals surface area contributed by atoms with E-state index in [-0.39, 0.29) is 11.5 Å². The molecule has 0 spiro atoms. The van der Waals surface area contributed by atoms with Crippen LogP contribution in [-0.4, -0.2) is 34.5 Å². The monoisotopic (exact) mass is 336 g/mol. The van der Waals surface area contributed by atoms with E-state index in [0.717, 1.165) is 5.56 Å². The average molecular weight is 336 g/mol. The van der Waals surface area contributed by atoms with E-state index in [1.807, 2.05) is 30.3 Å². The minimum atomic E-state index is -0.622. The SMILES string of the molecule is CN(CC[C@@H](O)c1ccccc1)C(=O)c1c[nH]c(=O)c2ccccc12. The van der Waals surface area contributed by atoms with Crippen LogP contribution in [-0.2, 0) is 0 Å². The average Bonchev–Trinajstić information content (AvgIpc) is 2.66. The maximum absolute atomic E-state index is 12.7. The first-order valence-corrected chi connectivity index (χ1v) is 8.17. The van der Waals surface area contributed by atoms with Crippen molar-refractivity contribution >= 4 is 16.7 Å². The third-order valence-electron chi connectivity index (χ3n) is 4.31. The summed E-state index contributed by atoms with van der Waals surface area (Å²) < 4.78 is 0. The maximum Gasteiger partial charge on any atom is 0.255 e. The number of amides is 1. The normalized spacial score (nSPS) is 12.1. The first-order valence-electron chi connectivity index (χ1n) is 8.17. The summed E-state index contributed by atoms with van der Waals surface area (Å²) in [6, 6.07) is 16.4. The van der Waals surface area contributed by atoms with Gasteiger partial charge >= 0.3 is 0 Å². The zero-order chi connectivity index (χ0) is 17.8. The minimum Gasteiger partial charge on any atom is -0.388 e. The molecule has 0 aliphatic heterocycles. The van der Waals surface area contributed by atoms with Crippen molar-refractivity contribution in [2.75, 3.05) is 13.6 Å². The van der Waals surface area contributed by atoms with Crippen LogP contribution in [0.25, 0.3) is 10.8 Å². The molecule has 0 bridgehead atoms. The Morgan fingerprint density at radius 3 is 2.44 bits per heavy atom. The number of rotatable bonds is 5. The number of nitrogens with zero attached hydrogens (tertiary/aromatic N) is 1. The molecule has 3 aromatic rings. The van der Waals surface area contributed by atoms with Crippen LogP contribution in [0, 0.1) is 0 Å². The molecule has 0 aliphatic rings. The van der Waals surface area contributed by atoms with Crippen LogP contribution < -0.4 is 5.56 Å². The van der Waals surface area contributed by atoms with Crippen molar-refractivity contribution in [3.05, 3.63) is 82.3 Å². The molecule has 25 heavy (non-hydrogen) atoms. The second-order valence-electron chi connectivity index (χ2n) is 6.02. The number of fused-ring (bicyclic) bond motifs is 1. The van der Waals surface area contributed by atoms with Gasteiger partial charge in [0.2, 0.25) is 0 Å². The Hall–Kier alpha value is -2.92. The lowest BCUT2D eigenvalue weighted by molar-refractivity contribution is 0.0762. The number of carbonyl (C=O) groups is 1. The quantitative estimate of drug-likeness (QED) is 0.752. The number of hydrogen-bond acceptors (Lipinski definition) is 3. The molecule has 0 saturated carbocycles. The third-order valence-corrected chi connectivity index (χ3v) is 4.31. The summed E-state index contributed by atoms with van der Waals surface area (Å²) in [4.78, 5) is 28.8. The highest BCUT2D eigenvalue weighted by atomic mass is 16.3. The fourth-order valence-corrected chi connectivity index (χ4v) is 2.85.